The van der Waals surface area contributed by atoms with Gasteiger partial charge in [0, 0.05) is 44.9 Å². The van der Waals surface area contributed by atoms with Gasteiger partial charge in [-0.25, -0.2) is 4.98 Å². The van der Waals surface area contributed by atoms with Gasteiger partial charge in [-0.3, -0.25) is 9.69 Å². The van der Waals surface area contributed by atoms with Gasteiger partial charge in [0.25, 0.3) is 5.91 Å². The molecule has 1 N–H and O–H groups in total. The molecule has 0 aliphatic carbocycles. The maximum absolute atomic E-state index is 13.1. The van der Waals surface area contributed by atoms with Crippen LogP contribution in [0, 0.1) is 0 Å². The summed E-state index contributed by atoms with van der Waals surface area (Å²) in [6.45, 7) is 2.82. The molecule has 1 saturated heterocycles. The minimum absolute atomic E-state index is 0.0456. The first-order valence-corrected chi connectivity index (χ1v) is 11.5. The van der Waals surface area contributed by atoms with E-state index in [1.54, 1.807) is 38.6 Å². The third kappa shape index (κ3) is 5.88. The van der Waals surface area contributed by atoms with Crippen LogP contribution in [0.4, 0.5) is 0 Å². The van der Waals surface area contributed by atoms with E-state index in [2.05, 4.69) is 34.0 Å². The largest absolute Gasteiger partial charge is 0.497 e. The number of hydrogen-bond acceptors (Lipinski definition) is 6. The molecule has 0 atom stereocenters. The quantitative estimate of drug-likeness (QED) is 0.520. The van der Waals surface area contributed by atoms with Crippen molar-refractivity contribution in [2.24, 2.45) is 0 Å². The van der Waals surface area contributed by atoms with Gasteiger partial charge in [0.1, 0.15) is 29.2 Å². The second-order valence-electron chi connectivity index (χ2n) is 8.53. The molecule has 180 valence electrons. The monoisotopic (exact) mass is 464 g/mol. The number of methoxy groups -OCH3 is 2. The van der Waals surface area contributed by atoms with Crippen LogP contribution in [0.15, 0.2) is 54.9 Å². The average molecular weight is 465 g/mol. The lowest BCUT2D eigenvalue weighted by Gasteiger charge is -2.32. The zero-order valence-electron chi connectivity index (χ0n) is 20.0. The zero-order valence-corrected chi connectivity index (χ0v) is 20.0. The Morgan fingerprint density at radius 3 is 2.62 bits per heavy atom. The standard InChI is InChI=1S/C26H32N4O4/c1-29(18-25-27-11-12-28-25)17-19-5-4-6-22(15-19)34-20-9-13-30(14-10-20)26(31)23-16-21(32-2)7-8-24(23)33-3/h4-8,11-12,15-16,20H,9-10,13-14,17-18H2,1-3H3,(H,27,28). The molecule has 1 amide bonds. The summed E-state index contributed by atoms with van der Waals surface area (Å²) in [7, 11) is 5.23. The Balaban J connectivity index is 1.31. The van der Waals surface area contributed by atoms with Gasteiger partial charge in [0.2, 0.25) is 0 Å². The Morgan fingerprint density at radius 2 is 1.91 bits per heavy atom. The third-order valence-corrected chi connectivity index (χ3v) is 5.99. The molecule has 1 aliphatic heterocycles. The highest BCUT2D eigenvalue weighted by molar-refractivity contribution is 5.97. The van der Waals surface area contributed by atoms with Gasteiger partial charge in [0.15, 0.2) is 0 Å². The summed E-state index contributed by atoms with van der Waals surface area (Å²) in [5.41, 5.74) is 1.71. The number of imidazole rings is 1. The number of aromatic amines is 1. The van der Waals surface area contributed by atoms with Crippen LogP contribution in [0.2, 0.25) is 0 Å². The summed E-state index contributed by atoms with van der Waals surface area (Å²) >= 11 is 0. The van der Waals surface area contributed by atoms with E-state index in [-0.39, 0.29) is 12.0 Å². The van der Waals surface area contributed by atoms with Crippen molar-refractivity contribution in [2.75, 3.05) is 34.4 Å². The predicted octanol–water partition coefficient (Wildman–Crippen LogP) is 3.74. The van der Waals surface area contributed by atoms with Crippen molar-refractivity contribution in [1.82, 2.24) is 19.8 Å². The molecule has 1 fully saturated rings. The van der Waals surface area contributed by atoms with E-state index in [1.165, 1.54) is 5.56 Å². The van der Waals surface area contributed by atoms with E-state index in [4.69, 9.17) is 14.2 Å². The van der Waals surface area contributed by atoms with E-state index in [9.17, 15) is 4.79 Å². The molecule has 2 aromatic carbocycles. The van der Waals surface area contributed by atoms with Crippen molar-refractivity contribution >= 4 is 5.91 Å². The molecule has 0 bridgehead atoms. The van der Waals surface area contributed by atoms with Crippen molar-refractivity contribution in [3.63, 3.8) is 0 Å². The first-order valence-electron chi connectivity index (χ1n) is 11.5. The van der Waals surface area contributed by atoms with Crippen LogP contribution in [-0.2, 0) is 13.1 Å². The van der Waals surface area contributed by atoms with E-state index in [0.29, 0.717) is 30.2 Å². The van der Waals surface area contributed by atoms with Gasteiger partial charge >= 0.3 is 0 Å². The lowest BCUT2D eigenvalue weighted by atomic mass is 10.1. The molecule has 8 heteroatoms. The molecule has 0 saturated carbocycles. The summed E-state index contributed by atoms with van der Waals surface area (Å²) in [5.74, 6) is 2.96. The number of likely N-dealkylation sites (tertiary alicyclic amines) is 1. The van der Waals surface area contributed by atoms with Crippen LogP contribution < -0.4 is 14.2 Å². The first-order chi connectivity index (χ1) is 16.6. The van der Waals surface area contributed by atoms with E-state index in [0.717, 1.165) is 37.5 Å². The fourth-order valence-electron chi connectivity index (χ4n) is 4.25. The van der Waals surface area contributed by atoms with Crippen molar-refractivity contribution in [2.45, 2.75) is 32.0 Å². The van der Waals surface area contributed by atoms with Gasteiger partial charge < -0.3 is 24.1 Å². The maximum atomic E-state index is 13.1. The highest BCUT2D eigenvalue weighted by atomic mass is 16.5. The lowest BCUT2D eigenvalue weighted by molar-refractivity contribution is 0.0592. The first kappa shape index (κ1) is 23.6. The highest BCUT2D eigenvalue weighted by Gasteiger charge is 2.27. The lowest BCUT2D eigenvalue weighted by Crippen LogP contribution is -2.41. The number of nitrogens with zero attached hydrogens (tertiary/aromatic N) is 3. The number of H-pyrrole nitrogens is 1. The second kappa shape index (κ2) is 11.1. The number of benzene rings is 2. The Hall–Kier alpha value is -3.52. The van der Waals surface area contributed by atoms with Gasteiger partial charge in [-0.2, -0.15) is 0 Å². The SMILES string of the molecule is COc1ccc(OC)c(C(=O)N2CCC(Oc3cccc(CN(C)Cc4ncc[nH]4)c3)CC2)c1. The third-order valence-electron chi connectivity index (χ3n) is 5.99. The van der Waals surface area contributed by atoms with E-state index < -0.39 is 0 Å². The number of nitrogens with one attached hydrogen (secondary N) is 1. The normalized spacial score (nSPS) is 14.3. The maximum Gasteiger partial charge on any atom is 0.257 e. The molecule has 0 radical (unpaired) electrons. The summed E-state index contributed by atoms with van der Waals surface area (Å²) in [4.78, 5) is 24.6. The number of carbonyl (C=O) groups is 1. The smallest absolute Gasteiger partial charge is 0.257 e. The Kier molecular flexibility index (Phi) is 7.69. The Labute approximate surface area is 200 Å². The number of carbonyl (C=O) groups excluding carboxylic acids is 1. The number of hydrogen-bond donors (Lipinski definition) is 1. The van der Waals surface area contributed by atoms with Crippen LogP contribution >= 0.6 is 0 Å². The van der Waals surface area contributed by atoms with Crippen LogP contribution in [0.3, 0.4) is 0 Å². The summed E-state index contributed by atoms with van der Waals surface area (Å²) in [6, 6.07) is 13.5. The van der Waals surface area contributed by atoms with Crippen molar-refractivity contribution < 1.29 is 19.0 Å². The predicted molar refractivity (Wildman–Crippen MR) is 129 cm³/mol. The minimum Gasteiger partial charge on any atom is -0.497 e. The molecule has 1 aromatic heterocycles. The summed E-state index contributed by atoms with van der Waals surface area (Å²) in [6.07, 6.45) is 5.24. The highest BCUT2D eigenvalue weighted by Crippen LogP contribution is 2.27. The van der Waals surface area contributed by atoms with Crippen LogP contribution in [-0.4, -0.2) is 66.1 Å². The number of ether oxygens (including phenoxy) is 3. The number of piperidine rings is 1. The van der Waals surface area contributed by atoms with Crippen molar-refractivity contribution in [3.8, 4) is 17.2 Å². The number of aromatic nitrogens is 2. The zero-order chi connectivity index (χ0) is 23.9. The number of rotatable bonds is 9. The van der Waals surface area contributed by atoms with Crippen LogP contribution in [0.1, 0.15) is 34.6 Å². The molecular weight excluding hydrogens is 432 g/mol. The molecule has 3 aromatic rings. The molecule has 0 unspecified atom stereocenters. The van der Waals surface area contributed by atoms with Gasteiger partial charge in [-0.1, -0.05) is 12.1 Å². The van der Waals surface area contributed by atoms with Gasteiger partial charge in [-0.05, 0) is 42.9 Å². The van der Waals surface area contributed by atoms with E-state index in [1.807, 2.05) is 23.2 Å². The number of amides is 1. The Bertz CT molecular complexity index is 1080. The van der Waals surface area contributed by atoms with E-state index >= 15 is 0 Å². The topological polar surface area (TPSA) is 79.9 Å². The van der Waals surface area contributed by atoms with Crippen molar-refractivity contribution in [1.29, 1.82) is 0 Å². The summed E-state index contributed by atoms with van der Waals surface area (Å²) < 4.78 is 16.9. The fourth-order valence-corrected chi connectivity index (χ4v) is 4.25. The Morgan fingerprint density at radius 1 is 1.09 bits per heavy atom. The molecular formula is C26H32N4O4. The fraction of sp³-hybridized carbons (Fsp3) is 0.385. The minimum atomic E-state index is -0.0456. The molecule has 2 heterocycles. The van der Waals surface area contributed by atoms with Crippen molar-refractivity contribution in [3.05, 3.63) is 71.8 Å². The summed E-state index contributed by atoms with van der Waals surface area (Å²) in [5, 5.41) is 0. The van der Waals surface area contributed by atoms with Crippen LogP contribution in [0.25, 0.3) is 0 Å². The average Bonchev–Trinajstić information content (AvgIpc) is 3.36. The molecule has 34 heavy (non-hydrogen) atoms. The van der Waals surface area contributed by atoms with Gasteiger partial charge in [0.05, 0.1) is 26.3 Å². The van der Waals surface area contributed by atoms with Crippen LogP contribution in [0.5, 0.6) is 17.2 Å². The molecule has 8 nitrogen and oxygen atoms in total. The second-order valence-corrected chi connectivity index (χ2v) is 8.53. The molecule has 4 rings (SSSR count). The van der Waals surface area contributed by atoms with Gasteiger partial charge in [-0.15, -0.1) is 0 Å². The molecule has 1 aliphatic rings. The molecule has 0 spiro atoms.